The molecular formula is C14H24N4O2. The third-order valence-corrected chi connectivity index (χ3v) is 3.78. The van der Waals surface area contributed by atoms with E-state index in [0.29, 0.717) is 25.7 Å². The summed E-state index contributed by atoms with van der Waals surface area (Å²) in [6.45, 7) is 5.05. The lowest BCUT2D eigenvalue weighted by Gasteiger charge is -2.22. The van der Waals surface area contributed by atoms with E-state index in [4.69, 9.17) is 4.74 Å². The topological polar surface area (TPSA) is 68.2 Å². The smallest absolute Gasteiger partial charge is 0.222 e. The van der Waals surface area contributed by atoms with Crippen molar-refractivity contribution in [2.45, 2.75) is 38.8 Å². The first-order valence-electron chi connectivity index (χ1n) is 7.23. The molecule has 0 atom stereocenters. The summed E-state index contributed by atoms with van der Waals surface area (Å²) in [4.78, 5) is 11.7. The first-order valence-corrected chi connectivity index (χ1v) is 7.23. The van der Waals surface area contributed by atoms with Crippen LogP contribution in [-0.4, -0.2) is 41.5 Å². The van der Waals surface area contributed by atoms with E-state index in [0.717, 1.165) is 37.2 Å². The molecule has 1 aliphatic heterocycles. The SMILES string of the molecule is Cc1c(CNC(=O)CCOC2CCNCC2)cnn1C. The summed E-state index contributed by atoms with van der Waals surface area (Å²) in [5.41, 5.74) is 2.14. The molecule has 1 aromatic rings. The van der Waals surface area contributed by atoms with Crippen LogP contribution >= 0.6 is 0 Å². The maximum Gasteiger partial charge on any atom is 0.222 e. The van der Waals surface area contributed by atoms with Crippen molar-refractivity contribution >= 4 is 5.91 Å². The Kier molecular flexibility index (Phi) is 5.55. The highest BCUT2D eigenvalue weighted by molar-refractivity contribution is 5.75. The van der Waals surface area contributed by atoms with Crippen LogP contribution in [0.3, 0.4) is 0 Å². The van der Waals surface area contributed by atoms with Crippen molar-refractivity contribution in [3.05, 3.63) is 17.5 Å². The molecule has 1 fully saturated rings. The molecule has 0 aromatic carbocycles. The maximum absolute atomic E-state index is 11.7. The summed E-state index contributed by atoms with van der Waals surface area (Å²) in [7, 11) is 1.90. The summed E-state index contributed by atoms with van der Waals surface area (Å²) in [6, 6.07) is 0. The third kappa shape index (κ3) is 4.31. The molecule has 1 saturated heterocycles. The number of nitrogens with one attached hydrogen (secondary N) is 2. The molecule has 1 aromatic heterocycles. The van der Waals surface area contributed by atoms with Crippen LogP contribution in [0.4, 0.5) is 0 Å². The van der Waals surface area contributed by atoms with Gasteiger partial charge in [-0.2, -0.15) is 5.10 Å². The fourth-order valence-electron chi connectivity index (χ4n) is 2.28. The molecule has 1 aliphatic rings. The fraction of sp³-hybridized carbons (Fsp3) is 0.714. The number of carbonyl (C=O) groups excluding carboxylic acids is 1. The zero-order valence-corrected chi connectivity index (χ0v) is 12.3. The molecule has 6 heteroatoms. The lowest BCUT2D eigenvalue weighted by Crippen LogP contribution is -2.33. The molecule has 1 amide bonds. The van der Waals surface area contributed by atoms with Gasteiger partial charge in [-0.25, -0.2) is 0 Å². The molecule has 2 rings (SSSR count). The van der Waals surface area contributed by atoms with E-state index in [-0.39, 0.29) is 5.91 Å². The summed E-state index contributed by atoms with van der Waals surface area (Å²) in [6.07, 6.45) is 4.60. The van der Waals surface area contributed by atoms with Crippen LogP contribution in [0.5, 0.6) is 0 Å². The molecule has 0 unspecified atom stereocenters. The number of carbonyl (C=O) groups is 1. The highest BCUT2D eigenvalue weighted by Crippen LogP contribution is 2.08. The number of piperidine rings is 1. The molecule has 6 nitrogen and oxygen atoms in total. The second-order valence-electron chi connectivity index (χ2n) is 5.23. The molecule has 0 spiro atoms. The van der Waals surface area contributed by atoms with Crippen molar-refractivity contribution in [3.8, 4) is 0 Å². The Labute approximate surface area is 119 Å². The second kappa shape index (κ2) is 7.40. The summed E-state index contributed by atoms with van der Waals surface area (Å²) in [5.74, 6) is 0.0298. The van der Waals surface area contributed by atoms with Crippen LogP contribution in [0.25, 0.3) is 0 Å². The van der Waals surface area contributed by atoms with Crippen molar-refractivity contribution in [2.75, 3.05) is 19.7 Å². The molecule has 20 heavy (non-hydrogen) atoms. The quantitative estimate of drug-likeness (QED) is 0.796. The monoisotopic (exact) mass is 280 g/mol. The number of amides is 1. The molecule has 0 radical (unpaired) electrons. The number of hydrogen-bond acceptors (Lipinski definition) is 4. The molecule has 2 N–H and O–H groups in total. The van der Waals surface area contributed by atoms with Gasteiger partial charge < -0.3 is 15.4 Å². The van der Waals surface area contributed by atoms with E-state index in [1.807, 2.05) is 18.7 Å². The zero-order valence-electron chi connectivity index (χ0n) is 12.3. The van der Waals surface area contributed by atoms with Gasteiger partial charge in [0.25, 0.3) is 0 Å². The molecule has 0 bridgehead atoms. The van der Waals surface area contributed by atoms with Crippen LogP contribution in [0.2, 0.25) is 0 Å². The minimum Gasteiger partial charge on any atom is -0.378 e. The van der Waals surface area contributed by atoms with Gasteiger partial charge in [0.05, 0.1) is 18.9 Å². The van der Waals surface area contributed by atoms with Crippen molar-refractivity contribution in [2.24, 2.45) is 7.05 Å². The van der Waals surface area contributed by atoms with Crippen molar-refractivity contribution in [1.29, 1.82) is 0 Å². The van der Waals surface area contributed by atoms with Gasteiger partial charge in [-0.1, -0.05) is 0 Å². The standard InChI is InChI=1S/C14H24N4O2/c1-11-12(10-17-18(11)2)9-16-14(19)5-8-20-13-3-6-15-7-4-13/h10,13,15H,3-9H2,1-2H3,(H,16,19). The number of aromatic nitrogens is 2. The molecule has 2 heterocycles. The molecular weight excluding hydrogens is 256 g/mol. The predicted octanol–water partition coefficient (Wildman–Crippen LogP) is 0.503. The van der Waals surface area contributed by atoms with Crippen LogP contribution in [0.15, 0.2) is 6.20 Å². The van der Waals surface area contributed by atoms with Crippen LogP contribution in [0, 0.1) is 6.92 Å². The van der Waals surface area contributed by atoms with Gasteiger partial charge in [-0.05, 0) is 32.9 Å². The van der Waals surface area contributed by atoms with Crippen molar-refractivity contribution in [3.63, 3.8) is 0 Å². The van der Waals surface area contributed by atoms with E-state index < -0.39 is 0 Å². The Balaban J connectivity index is 1.61. The summed E-state index contributed by atoms with van der Waals surface area (Å²) in [5, 5.41) is 10.4. The highest BCUT2D eigenvalue weighted by Gasteiger charge is 2.13. The van der Waals surface area contributed by atoms with E-state index >= 15 is 0 Å². The van der Waals surface area contributed by atoms with E-state index in [1.165, 1.54) is 0 Å². The Hall–Kier alpha value is -1.40. The molecule has 0 aliphatic carbocycles. The van der Waals surface area contributed by atoms with E-state index in [9.17, 15) is 4.79 Å². The Morgan fingerprint density at radius 1 is 1.55 bits per heavy atom. The van der Waals surface area contributed by atoms with Crippen molar-refractivity contribution in [1.82, 2.24) is 20.4 Å². The molecule has 0 saturated carbocycles. The largest absolute Gasteiger partial charge is 0.378 e. The summed E-state index contributed by atoms with van der Waals surface area (Å²) < 4.78 is 7.52. The normalized spacial score (nSPS) is 16.3. The fourth-order valence-corrected chi connectivity index (χ4v) is 2.28. The van der Waals surface area contributed by atoms with Gasteiger partial charge in [0, 0.05) is 31.3 Å². The second-order valence-corrected chi connectivity index (χ2v) is 5.23. The summed E-state index contributed by atoms with van der Waals surface area (Å²) >= 11 is 0. The Morgan fingerprint density at radius 3 is 2.95 bits per heavy atom. The third-order valence-electron chi connectivity index (χ3n) is 3.78. The van der Waals surface area contributed by atoms with Crippen LogP contribution in [-0.2, 0) is 23.1 Å². The highest BCUT2D eigenvalue weighted by atomic mass is 16.5. The lowest BCUT2D eigenvalue weighted by atomic mass is 10.1. The minimum atomic E-state index is 0.0298. The average molecular weight is 280 g/mol. The lowest BCUT2D eigenvalue weighted by molar-refractivity contribution is -0.122. The minimum absolute atomic E-state index is 0.0298. The Morgan fingerprint density at radius 2 is 2.30 bits per heavy atom. The molecule has 112 valence electrons. The van der Waals surface area contributed by atoms with Crippen LogP contribution < -0.4 is 10.6 Å². The van der Waals surface area contributed by atoms with Gasteiger partial charge in [0.15, 0.2) is 0 Å². The Bertz CT molecular complexity index is 438. The van der Waals surface area contributed by atoms with Gasteiger partial charge in [-0.15, -0.1) is 0 Å². The van der Waals surface area contributed by atoms with Gasteiger partial charge >= 0.3 is 0 Å². The number of aryl methyl sites for hydroxylation is 1. The first-order chi connectivity index (χ1) is 9.66. The van der Waals surface area contributed by atoms with E-state index in [1.54, 1.807) is 6.20 Å². The predicted molar refractivity (Wildman–Crippen MR) is 76.3 cm³/mol. The van der Waals surface area contributed by atoms with E-state index in [2.05, 4.69) is 15.7 Å². The van der Waals surface area contributed by atoms with Gasteiger partial charge in [-0.3, -0.25) is 9.48 Å². The maximum atomic E-state index is 11.7. The zero-order chi connectivity index (χ0) is 14.4. The number of rotatable bonds is 6. The van der Waals surface area contributed by atoms with Gasteiger partial charge in [0.1, 0.15) is 0 Å². The van der Waals surface area contributed by atoms with Gasteiger partial charge in [0.2, 0.25) is 5.91 Å². The van der Waals surface area contributed by atoms with Crippen LogP contribution in [0.1, 0.15) is 30.5 Å². The number of ether oxygens (including phenoxy) is 1. The number of hydrogen-bond donors (Lipinski definition) is 2. The average Bonchev–Trinajstić information content (AvgIpc) is 2.78. The van der Waals surface area contributed by atoms with Crippen molar-refractivity contribution < 1.29 is 9.53 Å². The number of nitrogens with zero attached hydrogens (tertiary/aromatic N) is 2. The first kappa shape index (κ1) is 15.0.